The van der Waals surface area contributed by atoms with Gasteiger partial charge >= 0.3 is 0 Å². The Bertz CT molecular complexity index is 372. The van der Waals surface area contributed by atoms with Gasteiger partial charge in [-0.2, -0.15) is 0 Å². The predicted octanol–water partition coefficient (Wildman–Crippen LogP) is 2.40. The number of rotatable bonds is 6. The third-order valence-electron chi connectivity index (χ3n) is 3.03. The lowest BCUT2D eigenvalue weighted by molar-refractivity contribution is -0.109. The maximum absolute atomic E-state index is 5.64. The summed E-state index contributed by atoms with van der Waals surface area (Å²) in [6, 6.07) is 5.93. The zero-order chi connectivity index (χ0) is 12.8. The molecule has 4 nitrogen and oxygen atoms in total. The standard InChI is InChI=1S/C14H20O4/c1-15-12-6-5-11(10-13(12)16-2)7-9-18-14-4-3-8-17-14/h5-6,10,14H,3-4,7-9H2,1-2H3. The van der Waals surface area contributed by atoms with Crippen LogP contribution in [0, 0.1) is 0 Å². The van der Waals surface area contributed by atoms with Crippen LogP contribution in [0.2, 0.25) is 0 Å². The molecule has 1 aromatic rings. The van der Waals surface area contributed by atoms with E-state index in [-0.39, 0.29) is 6.29 Å². The molecule has 2 rings (SSSR count). The minimum Gasteiger partial charge on any atom is -0.493 e. The minimum absolute atomic E-state index is 0.00913. The Balaban J connectivity index is 1.84. The highest BCUT2D eigenvalue weighted by molar-refractivity contribution is 5.42. The average Bonchev–Trinajstić information content (AvgIpc) is 2.91. The van der Waals surface area contributed by atoms with Crippen molar-refractivity contribution in [2.24, 2.45) is 0 Å². The van der Waals surface area contributed by atoms with E-state index < -0.39 is 0 Å². The van der Waals surface area contributed by atoms with E-state index in [9.17, 15) is 0 Å². The second kappa shape index (κ2) is 6.61. The summed E-state index contributed by atoms with van der Waals surface area (Å²) in [7, 11) is 3.28. The van der Waals surface area contributed by atoms with Gasteiger partial charge in [-0.15, -0.1) is 0 Å². The first-order chi connectivity index (χ1) is 8.83. The van der Waals surface area contributed by atoms with E-state index in [0.717, 1.165) is 37.4 Å². The number of hydrogen-bond acceptors (Lipinski definition) is 4. The highest BCUT2D eigenvalue weighted by atomic mass is 16.7. The van der Waals surface area contributed by atoms with Crippen molar-refractivity contribution in [1.29, 1.82) is 0 Å². The Morgan fingerprint density at radius 3 is 2.72 bits per heavy atom. The van der Waals surface area contributed by atoms with Crippen molar-refractivity contribution in [3.8, 4) is 11.5 Å². The van der Waals surface area contributed by atoms with Gasteiger partial charge in [-0.1, -0.05) is 6.07 Å². The molecule has 1 aromatic carbocycles. The second-order valence-corrected chi connectivity index (χ2v) is 4.25. The molecular weight excluding hydrogens is 232 g/mol. The van der Waals surface area contributed by atoms with Gasteiger partial charge in [0.2, 0.25) is 0 Å². The molecule has 0 N–H and O–H groups in total. The van der Waals surface area contributed by atoms with Crippen molar-refractivity contribution in [1.82, 2.24) is 0 Å². The summed E-state index contributed by atoms with van der Waals surface area (Å²) in [5.41, 5.74) is 1.17. The van der Waals surface area contributed by atoms with E-state index in [1.165, 1.54) is 5.56 Å². The normalized spacial score (nSPS) is 18.9. The van der Waals surface area contributed by atoms with Crippen molar-refractivity contribution >= 4 is 0 Å². The van der Waals surface area contributed by atoms with E-state index in [4.69, 9.17) is 18.9 Å². The van der Waals surface area contributed by atoms with Gasteiger partial charge in [0.1, 0.15) is 0 Å². The molecule has 1 atom stereocenters. The van der Waals surface area contributed by atoms with E-state index in [2.05, 4.69) is 0 Å². The quantitative estimate of drug-likeness (QED) is 0.779. The average molecular weight is 252 g/mol. The Labute approximate surface area is 108 Å². The molecule has 18 heavy (non-hydrogen) atoms. The third kappa shape index (κ3) is 3.37. The summed E-state index contributed by atoms with van der Waals surface area (Å²) in [5, 5.41) is 0. The molecule has 1 unspecified atom stereocenters. The maximum Gasteiger partial charge on any atom is 0.160 e. The summed E-state index contributed by atoms with van der Waals surface area (Å²) < 4.78 is 21.5. The first-order valence-electron chi connectivity index (χ1n) is 6.27. The van der Waals surface area contributed by atoms with Gasteiger partial charge in [0, 0.05) is 13.0 Å². The highest BCUT2D eigenvalue weighted by Crippen LogP contribution is 2.27. The molecule has 100 valence electrons. The van der Waals surface area contributed by atoms with E-state index in [1.54, 1.807) is 14.2 Å². The van der Waals surface area contributed by atoms with Crippen molar-refractivity contribution in [3.05, 3.63) is 23.8 Å². The van der Waals surface area contributed by atoms with Gasteiger partial charge < -0.3 is 18.9 Å². The molecule has 0 saturated carbocycles. The Morgan fingerprint density at radius 1 is 1.22 bits per heavy atom. The van der Waals surface area contributed by atoms with Gasteiger partial charge in [-0.3, -0.25) is 0 Å². The van der Waals surface area contributed by atoms with E-state index >= 15 is 0 Å². The fourth-order valence-corrected chi connectivity index (χ4v) is 2.02. The second-order valence-electron chi connectivity index (χ2n) is 4.25. The Morgan fingerprint density at radius 2 is 2.06 bits per heavy atom. The summed E-state index contributed by atoms with van der Waals surface area (Å²) in [4.78, 5) is 0. The Kier molecular flexibility index (Phi) is 4.84. The molecule has 1 fully saturated rings. The zero-order valence-corrected chi connectivity index (χ0v) is 11.0. The van der Waals surface area contributed by atoms with Crippen LogP contribution in [-0.4, -0.2) is 33.7 Å². The largest absolute Gasteiger partial charge is 0.493 e. The van der Waals surface area contributed by atoms with Crippen molar-refractivity contribution in [2.45, 2.75) is 25.6 Å². The molecule has 1 heterocycles. The molecule has 1 aliphatic heterocycles. The summed E-state index contributed by atoms with van der Waals surface area (Å²) in [6.45, 7) is 1.49. The van der Waals surface area contributed by atoms with Crippen LogP contribution < -0.4 is 9.47 Å². The minimum atomic E-state index is -0.00913. The van der Waals surface area contributed by atoms with Crippen LogP contribution in [0.1, 0.15) is 18.4 Å². The highest BCUT2D eigenvalue weighted by Gasteiger charge is 2.15. The maximum atomic E-state index is 5.64. The smallest absolute Gasteiger partial charge is 0.160 e. The molecular formula is C14H20O4. The third-order valence-corrected chi connectivity index (χ3v) is 3.03. The molecule has 0 bridgehead atoms. The van der Waals surface area contributed by atoms with Crippen molar-refractivity contribution < 1.29 is 18.9 Å². The van der Waals surface area contributed by atoms with Gasteiger partial charge in [0.05, 0.1) is 20.8 Å². The van der Waals surface area contributed by atoms with E-state index in [1.807, 2.05) is 18.2 Å². The number of ether oxygens (including phenoxy) is 4. The lowest BCUT2D eigenvalue weighted by Crippen LogP contribution is -2.12. The van der Waals surface area contributed by atoms with Crippen LogP contribution in [-0.2, 0) is 15.9 Å². The lowest BCUT2D eigenvalue weighted by Gasteiger charge is -2.12. The van der Waals surface area contributed by atoms with Crippen molar-refractivity contribution in [2.75, 3.05) is 27.4 Å². The van der Waals surface area contributed by atoms with E-state index in [0.29, 0.717) is 6.61 Å². The Hall–Kier alpha value is -1.26. The molecule has 0 amide bonds. The molecule has 0 radical (unpaired) electrons. The van der Waals surface area contributed by atoms with Crippen molar-refractivity contribution in [3.63, 3.8) is 0 Å². The molecule has 1 saturated heterocycles. The topological polar surface area (TPSA) is 36.9 Å². The zero-order valence-electron chi connectivity index (χ0n) is 11.0. The number of hydrogen-bond donors (Lipinski definition) is 0. The first kappa shape index (κ1) is 13.2. The van der Waals surface area contributed by atoms with Gasteiger partial charge in [0.15, 0.2) is 17.8 Å². The SMILES string of the molecule is COc1ccc(CCOC2CCCO2)cc1OC. The first-order valence-corrected chi connectivity index (χ1v) is 6.27. The molecule has 4 heteroatoms. The lowest BCUT2D eigenvalue weighted by atomic mass is 10.1. The number of benzene rings is 1. The van der Waals surface area contributed by atoms with Gasteiger partial charge in [0.25, 0.3) is 0 Å². The fraction of sp³-hybridized carbons (Fsp3) is 0.571. The molecule has 0 aromatic heterocycles. The van der Waals surface area contributed by atoms with Crippen LogP contribution in [0.25, 0.3) is 0 Å². The monoisotopic (exact) mass is 252 g/mol. The van der Waals surface area contributed by atoms with Gasteiger partial charge in [-0.05, 0) is 30.5 Å². The van der Waals surface area contributed by atoms with Crippen LogP contribution in [0.5, 0.6) is 11.5 Å². The predicted molar refractivity (Wildman–Crippen MR) is 68.2 cm³/mol. The van der Waals surface area contributed by atoms with Crippen LogP contribution in [0.4, 0.5) is 0 Å². The number of methoxy groups -OCH3 is 2. The molecule has 1 aliphatic rings. The van der Waals surface area contributed by atoms with Crippen LogP contribution >= 0.6 is 0 Å². The summed E-state index contributed by atoms with van der Waals surface area (Å²) >= 11 is 0. The molecule has 0 aliphatic carbocycles. The fourth-order valence-electron chi connectivity index (χ4n) is 2.02. The van der Waals surface area contributed by atoms with Crippen LogP contribution in [0.3, 0.4) is 0 Å². The summed E-state index contributed by atoms with van der Waals surface area (Å²) in [6.07, 6.45) is 2.94. The molecule has 0 spiro atoms. The van der Waals surface area contributed by atoms with Gasteiger partial charge in [-0.25, -0.2) is 0 Å². The van der Waals surface area contributed by atoms with Crippen LogP contribution in [0.15, 0.2) is 18.2 Å². The summed E-state index contributed by atoms with van der Waals surface area (Å²) in [5.74, 6) is 1.51.